The molecule has 1 aromatic heterocycles. The fraction of sp³-hybridized carbons (Fsp3) is 0.600. The summed E-state index contributed by atoms with van der Waals surface area (Å²) in [6.45, 7) is 6.62. The highest BCUT2D eigenvalue weighted by atomic mass is 35.5. The lowest BCUT2D eigenvalue weighted by atomic mass is 9.86. The zero-order chi connectivity index (χ0) is 16.8. The molecule has 1 aromatic rings. The minimum absolute atomic E-state index is 0.156. The van der Waals surface area contributed by atoms with Crippen molar-refractivity contribution in [3.63, 3.8) is 0 Å². The molecule has 0 aliphatic carbocycles. The number of hydrogen-bond donors (Lipinski definition) is 0. The summed E-state index contributed by atoms with van der Waals surface area (Å²) < 4.78 is 10.9. The SMILES string of the molecule is CC(C)(C)OC(=O)C1C(=O)c2nnc(Cl)cc2N2CCOCC12. The number of morpholine rings is 1. The van der Waals surface area contributed by atoms with E-state index in [2.05, 4.69) is 10.2 Å². The van der Waals surface area contributed by atoms with Gasteiger partial charge in [-0.05, 0) is 20.8 Å². The number of anilines is 1. The Morgan fingerprint density at radius 3 is 2.87 bits per heavy atom. The van der Waals surface area contributed by atoms with Crippen LogP contribution in [0.1, 0.15) is 31.3 Å². The highest BCUT2D eigenvalue weighted by Gasteiger charge is 2.48. The van der Waals surface area contributed by atoms with Gasteiger partial charge >= 0.3 is 5.97 Å². The first-order valence-corrected chi connectivity index (χ1v) is 7.80. The maximum absolute atomic E-state index is 12.8. The van der Waals surface area contributed by atoms with Gasteiger partial charge in [-0.2, -0.15) is 0 Å². The third-order valence-electron chi connectivity index (χ3n) is 3.78. The summed E-state index contributed by atoms with van der Waals surface area (Å²) in [5.41, 5.74) is 0.0791. The maximum Gasteiger partial charge on any atom is 0.319 e. The van der Waals surface area contributed by atoms with Crippen molar-refractivity contribution in [3.05, 3.63) is 16.9 Å². The van der Waals surface area contributed by atoms with Gasteiger partial charge < -0.3 is 14.4 Å². The Labute approximate surface area is 138 Å². The molecule has 2 aliphatic rings. The first-order chi connectivity index (χ1) is 10.8. The van der Waals surface area contributed by atoms with E-state index in [1.165, 1.54) is 0 Å². The van der Waals surface area contributed by atoms with Gasteiger partial charge in [0, 0.05) is 12.6 Å². The highest BCUT2D eigenvalue weighted by molar-refractivity contribution is 6.29. The molecule has 0 saturated carbocycles. The normalized spacial score (nSPS) is 24.0. The number of aromatic nitrogens is 2. The molecule has 3 rings (SSSR count). The zero-order valence-electron chi connectivity index (χ0n) is 13.2. The van der Waals surface area contributed by atoms with E-state index in [0.29, 0.717) is 18.8 Å². The van der Waals surface area contributed by atoms with Gasteiger partial charge in [-0.1, -0.05) is 11.6 Å². The standard InChI is InChI=1S/C15H18ClN3O4/c1-15(2,3)23-14(21)11-9-7-22-5-4-19(9)8-6-10(16)17-18-12(8)13(11)20/h6,9,11H,4-5,7H2,1-3H3. The largest absolute Gasteiger partial charge is 0.459 e. The van der Waals surface area contributed by atoms with E-state index >= 15 is 0 Å². The van der Waals surface area contributed by atoms with Gasteiger partial charge in [0.05, 0.1) is 24.9 Å². The number of esters is 1. The molecule has 7 nitrogen and oxygen atoms in total. The summed E-state index contributed by atoms with van der Waals surface area (Å²) in [6, 6.07) is 1.18. The first-order valence-electron chi connectivity index (χ1n) is 7.42. The summed E-state index contributed by atoms with van der Waals surface area (Å²) in [7, 11) is 0. The summed E-state index contributed by atoms with van der Waals surface area (Å²) in [6.07, 6.45) is 0. The van der Waals surface area contributed by atoms with Crippen molar-refractivity contribution >= 4 is 29.0 Å². The second-order valence-corrected chi connectivity index (χ2v) is 7.00. The third kappa shape index (κ3) is 3.03. The minimum Gasteiger partial charge on any atom is -0.459 e. The molecule has 2 unspecified atom stereocenters. The Kier molecular flexibility index (Phi) is 4.01. The Bertz CT molecular complexity index is 659. The molecule has 3 heterocycles. The molecule has 0 amide bonds. The Balaban J connectivity index is 2.02. The maximum atomic E-state index is 12.8. The first kappa shape index (κ1) is 16.1. The van der Waals surface area contributed by atoms with Crippen molar-refractivity contribution in [2.24, 2.45) is 5.92 Å². The minimum atomic E-state index is -0.975. The second-order valence-electron chi connectivity index (χ2n) is 6.61. The van der Waals surface area contributed by atoms with Gasteiger partial charge in [0.15, 0.2) is 10.8 Å². The van der Waals surface area contributed by atoms with Crippen LogP contribution in [0.2, 0.25) is 5.15 Å². The summed E-state index contributed by atoms with van der Waals surface area (Å²) in [4.78, 5) is 27.3. The number of rotatable bonds is 1. The molecule has 0 bridgehead atoms. The van der Waals surface area contributed by atoms with Crippen LogP contribution >= 0.6 is 11.6 Å². The smallest absolute Gasteiger partial charge is 0.319 e. The molecule has 2 aliphatic heterocycles. The second kappa shape index (κ2) is 5.72. The van der Waals surface area contributed by atoms with E-state index in [1.807, 2.05) is 4.90 Å². The monoisotopic (exact) mass is 339 g/mol. The lowest BCUT2D eigenvalue weighted by molar-refractivity contribution is -0.159. The van der Waals surface area contributed by atoms with E-state index < -0.39 is 29.3 Å². The summed E-state index contributed by atoms with van der Waals surface area (Å²) in [5.74, 6) is -1.94. The number of fused-ring (bicyclic) bond motifs is 3. The molecule has 2 atom stereocenters. The number of ketones is 1. The van der Waals surface area contributed by atoms with Crippen LogP contribution in [-0.4, -0.2) is 53.4 Å². The average Bonchev–Trinajstić information content (AvgIpc) is 2.45. The predicted octanol–water partition coefficient (Wildman–Crippen LogP) is 1.49. The molecule has 0 N–H and O–H groups in total. The molecular formula is C15H18ClN3O4. The third-order valence-corrected chi connectivity index (χ3v) is 3.96. The fourth-order valence-electron chi connectivity index (χ4n) is 2.90. The molecule has 1 fully saturated rings. The number of nitrogens with zero attached hydrogens (tertiary/aromatic N) is 3. The number of ether oxygens (including phenoxy) is 2. The molecule has 0 spiro atoms. The van der Waals surface area contributed by atoms with Gasteiger partial charge in [-0.15, -0.1) is 10.2 Å². The van der Waals surface area contributed by atoms with Crippen molar-refractivity contribution < 1.29 is 19.1 Å². The van der Waals surface area contributed by atoms with Crippen LogP contribution in [0.25, 0.3) is 0 Å². The molecule has 0 radical (unpaired) electrons. The predicted molar refractivity (Wildman–Crippen MR) is 82.7 cm³/mol. The van der Waals surface area contributed by atoms with Gasteiger partial charge in [0.1, 0.15) is 11.5 Å². The number of carbonyl (C=O) groups excluding carboxylic acids is 2. The topological polar surface area (TPSA) is 81.6 Å². The van der Waals surface area contributed by atoms with Crippen molar-refractivity contribution in [2.75, 3.05) is 24.7 Å². The summed E-state index contributed by atoms with van der Waals surface area (Å²) >= 11 is 5.91. The van der Waals surface area contributed by atoms with E-state index in [4.69, 9.17) is 21.1 Å². The van der Waals surface area contributed by atoms with Gasteiger partial charge in [-0.3, -0.25) is 9.59 Å². The number of carbonyl (C=O) groups is 2. The molecular weight excluding hydrogens is 322 g/mol. The molecule has 23 heavy (non-hydrogen) atoms. The van der Waals surface area contributed by atoms with Crippen LogP contribution in [0, 0.1) is 5.92 Å². The fourth-order valence-corrected chi connectivity index (χ4v) is 3.04. The number of Topliss-reactive ketones (excluding diaryl/α,β-unsaturated/α-hetero) is 1. The van der Waals surface area contributed by atoms with Crippen molar-refractivity contribution in [3.8, 4) is 0 Å². The lowest BCUT2D eigenvalue weighted by Gasteiger charge is -2.43. The number of halogens is 1. The van der Waals surface area contributed by atoms with Crippen LogP contribution in [0.15, 0.2) is 6.07 Å². The average molecular weight is 340 g/mol. The molecule has 8 heteroatoms. The van der Waals surface area contributed by atoms with E-state index in [-0.39, 0.29) is 17.5 Å². The van der Waals surface area contributed by atoms with Crippen LogP contribution in [0.3, 0.4) is 0 Å². The zero-order valence-corrected chi connectivity index (χ0v) is 14.0. The van der Waals surface area contributed by atoms with Crippen LogP contribution in [0.4, 0.5) is 5.69 Å². The van der Waals surface area contributed by atoms with Crippen molar-refractivity contribution in [2.45, 2.75) is 32.4 Å². The Hall–Kier alpha value is -1.73. The molecule has 1 saturated heterocycles. The Morgan fingerprint density at radius 2 is 2.17 bits per heavy atom. The molecule has 0 aromatic carbocycles. The van der Waals surface area contributed by atoms with E-state index in [0.717, 1.165) is 0 Å². The van der Waals surface area contributed by atoms with Crippen LogP contribution < -0.4 is 4.90 Å². The van der Waals surface area contributed by atoms with E-state index in [9.17, 15) is 9.59 Å². The number of hydrogen-bond acceptors (Lipinski definition) is 7. The quantitative estimate of drug-likeness (QED) is 0.566. The van der Waals surface area contributed by atoms with Gasteiger partial charge in [-0.25, -0.2) is 0 Å². The Morgan fingerprint density at radius 1 is 1.43 bits per heavy atom. The van der Waals surface area contributed by atoms with E-state index in [1.54, 1.807) is 26.8 Å². The highest BCUT2D eigenvalue weighted by Crippen LogP contribution is 2.36. The van der Waals surface area contributed by atoms with Crippen LogP contribution in [0.5, 0.6) is 0 Å². The van der Waals surface area contributed by atoms with Gasteiger partial charge in [0.25, 0.3) is 0 Å². The molecule has 124 valence electrons. The lowest BCUT2D eigenvalue weighted by Crippen LogP contribution is -2.58. The van der Waals surface area contributed by atoms with Crippen LogP contribution in [-0.2, 0) is 14.3 Å². The van der Waals surface area contributed by atoms with Gasteiger partial charge in [0.2, 0.25) is 5.78 Å². The van der Waals surface area contributed by atoms with Crippen molar-refractivity contribution in [1.29, 1.82) is 0 Å². The van der Waals surface area contributed by atoms with Crippen molar-refractivity contribution in [1.82, 2.24) is 10.2 Å². The summed E-state index contributed by atoms with van der Waals surface area (Å²) in [5, 5.41) is 7.84.